The molecule has 1 aromatic carbocycles. The Labute approximate surface area is 105 Å². The standard InChI is InChI=1S/C15H25NO/c1-4-8-14(17)11-16-12-15(2,3)13-9-6-5-7-10-13/h5-7,9-10,14,16-17H,4,8,11-12H2,1-3H3. The number of hydrogen-bond acceptors (Lipinski definition) is 2. The number of rotatable bonds is 7. The van der Waals surface area contributed by atoms with E-state index in [4.69, 9.17) is 0 Å². The summed E-state index contributed by atoms with van der Waals surface area (Å²) in [6, 6.07) is 10.5. The third-order valence-corrected chi connectivity index (χ3v) is 3.12. The highest BCUT2D eigenvalue weighted by Crippen LogP contribution is 2.21. The molecule has 0 saturated heterocycles. The minimum atomic E-state index is -0.216. The molecule has 0 aliphatic heterocycles. The van der Waals surface area contributed by atoms with E-state index in [9.17, 15) is 5.11 Å². The quantitative estimate of drug-likeness (QED) is 0.761. The Bertz CT molecular complexity index is 308. The van der Waals surface area contributed by atoms with E-state index in [1.807, 2.05) is 6.07 Å². The van der Waals surface area contributed by atoms with Crippen molar-refractivity contribution in [1.82, 2.24) is 5.32 Å². The Kier molecular flexibility index (Phi) is 5.66. The second-order valence-electron chi connectivity index (χ2n) is 5.32. The Morgan fingerprint density at radius 1 is 1.24 bits per heavy atom. The molecule has 1 unspecified atom stereocenters. The molecule has 17 heavy (non-hydrogen) atoms. The Morgan fingerprint density at radius 2 is 1.88 bits per heavy atom. The lowest BCUT2D eigenvalue weighted by Crippen LogP contribution is -2.37. The highest BCUT2D eigenvalue weighted by Gasteiger charge is 2.19. The number of nitrogens with one attached hydrogen (secondary N) is 1. The van der Waals surface area contributed by atoms with Gasteiger partial charge in [-0.1, -0.05) is 57.5 Å². The van der Waals surface area contributed by atoms with Crippen molar-refractivity contribution in [3.05, 3.63) is 35.9 Å². The van der Waals surface area contributed by atoms with Gasteiger partial charge in [0.1, 0.15) is 0 Å². The highest BCUT2D eigenvalue weighted by molar-refractivity contribution is 5.23. The van der Waals surface area contributed by atoms with Crippen molar-refractivity contribution in [3.8, 4) is 0 Å². The predicted molar refractivity (Wildman–Crippen MR) is 73.3 cm³/mol. The van der Waals surface area contributed by atoms with Crippen LogP contribution in [-0.4, -0.2) is 24.3 Å². The average molecular weight is 235 g/mol. The van der Waals surface area contributed by atoms with Crippen LogP contribution in [0.15, 0.2) is 30.3 Å². The van der Waals surface area contributed by atoms with Crippen molar-refractivity contribution in [3.63, 3.8) is 0 Å². The summed E-state index contributed by atoms with van der Waals surface area (Å²) in [7, 11) is 0. The van der Waals surface area contributed by atoms with Crippen LogP contribution in [0.4, 0.5) is 0 Å². The van der Waals surface area contributed by atoms with Crippen LogP contribution < -0.4 is 5.32 Å². The fraction of sp³-hybridized carbons (Fsp3) is 0.600. The minimum absolute atomic E-state index is 0.104. The molecule has 0 spiro atoms. The van der Waals surface area contributed by atoms with Gasteiger partial charge < -0.3 is 10.4 Å². The van der Waals surface area contributed by atoms with Crippen LogP contribution in [0.5, 0.6) is 0 Å². The van der Waals surface area contributed by atoms with Gasteiger partial charge in [-0.05, 0) is 12.0 Å². The topological polar surface area (TPSA) is 32.3 Å². The molecular formula is C15H25NO. The number of aliphatic hydroxyl groups excluding tert-OH is 1. The Balaban J connectivity index is 2.40. The van der Waals surface area contributed by atoms with E-state index in [-0.39, 0.29) is 11.5 Å². The monoisotopic (exact) mass is 235 g/mol. The maximum absolute atomic E-state index is 9.65. The Morgan fingerprint density at radius 3 is 2.47 bits per heavy atom. The van der Waals surface area contributed by atoms with E-state index in [0.717, 1.165) is 19.4 Å². The summed E-state index contributed by atoms with van der Waals surface area (Å²) in [6.07, 6.45) is 1.69. The van der Waals surface area contributed by atoms with Crippen LogP contribution >= 0.6 is 0 Å². The SMILES string of the molecule is CCCC(O)CNCC(C)(C)c1ccccc1. The smallest absolute Gasteiger partial charge is 0.0664 e. The van der Waals surface area contributed by atoms with Gasteiger partial charge in [-0.15, -0.1) is 0 Å². The van der Waals surface area contributed by atoms with Gasteiger partial charge in [-0.25, -0.2) is 0 Å². The second-order valence-corrected chi connectivity index (χ2v) is 5.32. The lowest BCUT2D eigenvalue weighted by molar-refractivity contribution is 0.158. The summed E-state index contributed by atoms with van der Waals surface area (Å²) in [5.41, 5.74) is 1.44. The predicted octanol–water partition coefficient (Wildman–Crippen LogP) is 2.71. The molecule has 0 amide bonds. The number of aliphatic hydroxyl groups is 1. The molecule has 0 aromatic heterocycles. The summed E-state index contributed by atoms with van der Waals surface area (Å²) in [6.45, 7) is 8.11. The van der Waals surface area contributed by atoms with Gasteiger partial charge in [0, 0.05) is 18.5 Å². The third-order valence-electron chi connectivity index (χ3n) is 3.12. The van der Waals surface area contributed by atoms with Crippen molar-refractivity contribution >= 4 is 0 Å². The molecule has 0 radical (unpaired) electrons. The van der Waals surface area contributed by atoms with E-state index in [0.29, 0.717) is 6.54 Å². The van der Waals surface area contributed by atoms with E-state index in [1.54, 1.807) is 0 Å². The van der Waals surface area contributed by atoms with E-state index in [1.165, 1.54) is 5.56 Å². The highest BCUT2D eigenvalue weighted by atomic mass is 16.3. The van der Waals surface area contributed by atoms with Crippen LogP contribution in [0.2, 0.25) is 0 Å². The zero-order valence-corrected chi connectivity index (χ0v) is 11.2. The van der Waals surface area contributed by atoms with Crippen molar-refractivity contribution < 1.29 is 5.11 Å². The molecule has 96 valence electrons. The van der Waals surface area contributed by atoms with Gasteiger partial charge in [-0.2, -0.15) is 0 Å². The van der Waals surface area contributed by atoms with Crippen LogP contribution in [0.25, 0.3) is 0 Å². The molecule has 2 heteroatoms. The summed E-state index contributed by atoms with van der Waals surface area (Å²) in [5.74, 6) is 0. The zero-order valence-electron chi connectivity index (χ0n) is 11.2. The van der Waals surface area contributed by atoms with E-state index < -0.39 is 0 Å². The summed E-state index contributed by atoms with van der Waals surface area (Å²) >= 11 is 0. The lowest BCUT2D eigenvalue weighted by Gasteiger charge is -2.26. The summed E-state index contributed by atoms with van der Waals surface area (Å²) < 4.78 is 0. The van der Waals surface area contributed by atoms with Gasteiger partial charge in [0.2, 0.25) is 0 Å². The molecule has 0 aliphatic rings. The molecule has 0 aliphatic carbocycles. The third kappa shape index (κ3) is 4.88. The molecule has 2 N–H and O–H groups in total. The van der Waals surface area contributed by atoms with Crippen LogP contribution in [-0.2, 0) is 5.41 Å². The molecule has 0 heterocycles. The maximum atomic E-state index is 9.65. The second kappa shape index (κ2) is 6.77. The van der Waals surface area contributed by atoms with Gasteiger partial charge in [0.05, 0.1) is 6.10 Å². The molecule has 0 bridgehead atoms. The van der Waals surface area contributed by atoms with Crippen LogP contribution in [0.3, 0.4) is 0 Å². The average Bonchev–Trinajstić information content (AvgIpc) is 2.30. The molecule has 1 rings (SSSR count). The molecule has 1 aromatic rings. The fourth-order valence-electron chi connectivity index (χ4n) is 1.98. The molecular weight excluding hydrogens is 210 g/mol. The van der Waals surface area contributed by atoms with Gasteiger partial charge in [-0.3, -0.25) is 0 Å². The van der Waals surface area contributed by atoms with Gasteiger partial charge in [0.15, 0.2) is 0 Å². The maximum Gasteiger partial charge on any atom is 0.0664 e. The first kappa shape index (κ1) is 14.2. The minimum Gasteiger partial charge on any atom is -0.392 e. The normalized spacial score (nSPS) is 13.6. The van der Waals surface area contributed by atoms with Crippen molar-refractivity contribution in [2.24, 2.45) is 0 Å². The Hall–Kier alpha value is -0.860. The fourth-order valence-corrected chi connectivity index (χ4v) is 1.98. The molecule has 2 nitrogen and oxygen atoms in total. The van der Waals surface area contributed by atoms with Crippen molar-refractivity contribution in [2.75, 3.05) is 13.1 Å². The van der Waals surface area contributed by atoms with Gasteiger partial charge >= 0.3 is 0 Å². The van der Waals surface area contributed by atoms with Crippen molar-refractivity contribution in [2.45, 2.75) is 45.1 Å². The summed E-state index contributed by atoms with van der Waals surface area (Å²) in [5, 5.41) is 13.0. The lowest BCUT2D eigenvalue weighted by atomic mass is 9.84. The van der Waals surface area contributed by atoms with Gasteiger partial charge in [0.25, 0.3) is 0 Å². The van der Waals surface area contributed by atoms with Crippen molar-refractivity contribution in [1.29, 1.82) is 0 Å². The number of benzene rings is 1. The van der Waals surface area contributed by atoms with Crippen LogP contribution in [0.1, 0.15) is 39.2 Å². The molecule has 0 fully saturated rings. The first-order chi connectivity index (χ1) is 8.06. The zero-order chi connectivity index (χ0) is 12.7. The van der Waals surface area contributed by atoms with Crippen LogP contribution in [0, 0.1) is 0 Å². The summed E-state index contributed by atoms with van der Waals surface area (Å²) in [4.78, 5) is 0. The first-order valence-electron chi connectivity index (χ1n) is 6.50. The van der Waals surface area contributed by atoms with E-state index >= 15 is 0 Å². The van der Waals surface area contributed by atoms with E-state index in [2.05, 4.69) is 50.4 Å². The molecule has 0 saturated carbocycles. The number of hydrogen-bond donors (Lipinski definition) is 2. The first-order valence-corrected chi connectivity index (χ1v) is 6.50. The molecule has 1 atom stereocenters. The largest absolute Gasteiger partial charge is 0.392 e.